The van der Waals surface area contributed by atoms with Gasteiger partial charge in [-0.2, -0.15) is 0 Å². The molecule has 3 rings (SSSR count). The van der Waals surface area contributed by atoms with Crippen LogP contribution in [0.5, 0.6) is 5.75 Å². The zero-order valence-corrected chi connectivity index (χ0v) is 16.0. The van der Waals surface area contributed by atoms with Crippen LogP contribution in [0.3, 0.4) is 0 Å². The van der Waals surface area contributed by atoms with Crippen LogP contribution in [0.2, 0.25) is 0 Å². The van der Waals surface area contributed by atoms with Crippen molar-refractivity contribution < 1.29 is 10.8 Å². The van der Waals surface area contributed by atoms with Gasteiger partial charge in [0.2, 0.25) is 0 Å². The van der Waals surface area contributed by atoms with Crippen molar-refractivity contribution in [3.63, 3.8) is 0 Å². The maximum Gasteiger partial charge on any atom is 0.115 e. The van der Waals surface area contributed by atoms with Gasteiger partial charge in [0, 0.05) is 5.75 Å². The Morgan fingerprint density at radius 2 is 1.50 bits per heavy atom. The van der Waals surface area contributed by atoms with Crippen molar-refractivity contribution >= 4 is 11.8 Å². The molecule has 0 unspecified atom stereocenters. The normalized spacial score (nSPS) is 13.3. The maximum atomic E-state index is 10.2. The van der Waals surface area contributed by atoms with Crippen LogP contribution < -0.4 is 5.73 Å². The molecule has 0 aromatic heterocycles. The van der Waals surface area contributed by atoms with Crippen LogP contribution in [0.4, 0.5) is 0 Å². The Hall–Kier alpha value is -2.23. The Morgan fingerprint density at radius 3 is 2.15 bits per heavy atom. The minimum Gasteiger partial charge on any atom is -0.508 e. The molecule has 4 N–H and O–H groups in total. The van der Waals surface area contributed by atoms with Gasteiger partial charge in [-0.1, -0.05) is 73.7 Å². The third-order valence-electron chi connectivity index (χ3n) is 4.64. The first kappa shape index (κ1) is 18.6. The molecule has 26 heavy (non-hydrogen) atoms. The van der Waals surface area contributed by atoms with Gasteiger partial charge in [-0.25, -0.2) is 0 Å². The molecule has 0 aliphatic rings. The van der Waals surface area contributed by atoms with Crippen molar-refractivity contribution in [3.8, 4) is 5.75 Å². The first-order valence-corrected chi connectivity index (χ1v) is 10.1. The number of hydrogen-bond donors (Lipinski definition) is 2. The van der Waals surface area contributed by atoms with E-state index >= 15 is 0 Å². The maximum absolute atomic E-state index is 10.2. The molecule has 3 heteroatoms. The molecule has 0 saturated heterocycles. The van der Waals surface area contributed by atoms with Crippen LogP contribution >= 0.6 is 11.8 Å². The Labute approximate surface area is 160 Å². The highest BCUT2D eigenvalue weighted by molar-refractivity contribution is 8.00. The van der Waals surface area contributed by atoms with Crippen molar-refractivity contribution in [2.45, 2.75) is 18.1 Å². The zero-order chi connectivity index (χ0) is 18.4. The van der Waals surface area contributed by atoms with Crippen LogP contribution in [0.1, 0.15) is 29.2 Å². The summed E-state index contributed by atoms with van der Waals surface area (Å²) in [4.78, 5) is 0. The standard InChI is InChI=1S/C23H25NOS/c1-2-18-8-6-11-20(16-18)23(26-15-14-24,19-9-4-3-5-10-19)21-12-7-13-22(25)17-21/h3-13,16-17,25H,2,14-15,24H2,1H3/p+1/t23-/m1/s1. The van der Waals surface area contributed by atoms with Gasteiger partial charge in [-0.3, -0.25) is 0 Å². The second kappa shape index (κ2) is 8.43. The SMILES string of the molecule is CCc1cccc([C@](SCC[NH3+])(c2ccccc2)c2cccc(O)c2)c1. The van der Waals surface area contributed by atoms with Crippen LogP contribution in [0.15, 0.2) is 78.9 Å². The van der Waals surface area contributed by atoms with Crippen LogP contribution in [-0.4, -0.2) is 17.4 Å². The molecule has 0 radical (unpaired) electrons. The van der Waals surface area contributed by atoms with Gasteiger partial charge in [0.1, 0.15) is 5.75 Å². The Bertz CT molecular complexity index is 850. The Balaban J connectivity index is 2.30. The van der Waals surface area contributed by atoms with Gasteiger partial charge in [0.15, 0.2) is 0 Å². The third kappa shape index (κ3) is 3.64. The number of hydrogen-bond acceptors (Lipinski definition) is 2. The second-order valence-electron chi connectivity index (χ2n) is 6.35. The number of phenolic OH excluding ortho intramolecular Hbond substituents is 1. The topological polar surface area (TPSA) is 47.9 Å². The van der Waals surface area contributed by atoms with E-state index in [9.17, 15) is 5.11 Å². The molecule has 3 aromatic rings. The highest BCUT2D eigenvalue weighted by Crippen LogP contribution is 2.49. The van der Waals surface area contributed by atoms with Gasteiger partial charge in [-0.15, -0.1) is 11.8 Å². The third-order valence-corrected chi connectivity index (χ3v) is 6.27. The quantitative estimate of drug-likeness (QED) is 0.617. The molecule has 134 valence electrons. The van der Waals surface area contributed by atoms with E-state index in [1.165, 1.54) is 16.7 Å². The van der Waals surface area contributed by atoms with E-state index in [1.807, 2.05) is 30.0 Å². The first-order valence-electron chi connectivity index (χ1n) is 9.08. The van der Waals surface area contributed by atoms with Gasteiger partial charge in [0.05, 0.1) is 11.3 Å². The fourth-order valence-electron chi connectivity index (χ4n) is 3.38. The summed E-state index contributed by atoms with van der Waals surface area (Å²) >= 11 is 1.88. The molecule has 0 bridgehead atoms. The lowest BCUT2D eigenvalue weighted by atomic mass is 9.83. The number of thioether (sulfide) groups is 1. The minimum atomic E-state index is -0.372. The summed E-state index contributed by atoms with van der Waals surface area (Å²) in [5.74, 6) is 1.23. The van der Waals surface area contributed by atoms with Crippen molar-refractivity contribution in [3.05, 3.63) is 101 Å². The van der Waals surface area contributed by atoms with Crippen LogP contribution in [0.25, 0.3) is 0 Å². The lowest BCUT2D eigenvalue weighted by Crippen LogP contribution is -2.51. The van der Waals surface area contributed by atoms with Gasteiger partial charge in [0.25, 0.3) is 0 Å². The average Bonchev–Trinajstić information content (AvgIpc) is 2.70. The summed E-state index contributed by atoms with van der Waals surface area (Å²) in [6.45, 7) is 3.03. The number of benzene rings is 3. The molecule has 0 amide bonds. The molecule has 0 heterocycles. The fraction of sp³-hybridized carbons (Fsp3) is 0.217. The summed E-state index contributed by atoms with van der Waals surface area (Å²) < 4.78 is -0.372. The van der Waals surface area contributed by atoms with Gasteiger partial charge < -0.3 is 10.8 Å². The molecular weight excluding hydrogens is 338 g/mol. The molecular formula is C23H26NOS+. The molecule has 0 fully saturated rings. The van der Waals surface area contributed by atoms with Gasteiger partial charge in [-0.05, 0) is 40.8 Å². The predicted octanol–water partition coefficient (Wildman–Crippen LogP) is 4.22. The molecule has 1 atom stereocenters. The van der Waals surface area contributed by atoms with Crippen molar-refractivity contribution in [2.24, 2.45) is 0 Å². The number of aryl methyl sites for hydroxylation is 1. The second-order valence-corrected chi connectivity index (χ2v) is 7.66. The van der Waals surface area contributed by atoms with Crippen LogP contribution in [-0.2, 0) is 11.2 Å². The van der Waals surface area contributed by atoms with Crippen LogP contribution in [0, 0.1) is 0 Å². The molecule has 3 aromatic carbocycles. The van der Waals surface area contributed by atoms with E-state index in [2.05, 4.69) is 67.3 Å². The van der Waals surface area contributed by atoms with Crippen molar-refractivity contribution in [2.75, 3.05) is 12.3 Å². The summed E-state index contributed by atoms with van der Waals surface area (Å²) in [6, 6.07) is 27.0. The molecule has 0 spiro atoms. The predicted molar refractivity (Wildman–Crippen MR) is 110 cm³/mol. The summed E-state index contributed by atoms with van der Waals surface area (Å²) in [5.41, 5.74) is 8.92. The monoisotopic (exact) mass is 364 g/mol. The molecule has 2 nitrogen and oxygen atoms in total. The highest BCUT2D eigenvalue weighted by atomic mass is 32.2. The van der Waals surface area contributed by atoms with Crippen molar-refractivity contribution in [1.82, 2.24) is 0 Å². The molecule has 0 aliphatic heterocycles. The summed E-state index contributed by atoms with van der Waals surface area (Å²) in [6.07, 6.45) is 0.999. The lowest BCUT2D eigenvalue weighted by Gasteiger charge is -2.35. The Kier molecular flexibility index (Phi) is 6.02. The fourth-order valence-corrected chi connectivity index (χ4v) is 4.72. The number of quaternary nitrogens is 1. The first-order chi connectivity index (χ1) is 12.7. The molecule has 0 saturated carbocycles. The van der Waals surface area contributed by atoms with E-state index in [0.717, 1.165) is 24.3 Å². The largest absolute Gasteiger partial charge is 0.508 e. The van der Waals surface area contributed by atoms with E-state index in [4.69, 9.17) is 0 Å². The van der Waals surface area contributed by atoms with E-state index in [0.29, 0.717) is 5.75 Å². The zero-order valence-electron chi connectivity index (χ0n) is 15.2. The number of aromatic hydroxyl groups is 1. The Morgan fingerprint density at radius 1 is 0.846 bits per heavy atom. The summed E-state index contributed by atoms with van der Waals surface area (Å²) in [5, 5.41) is 10.2. The smallest absolute Gasteiger partial charge is 0.115 e. The lowest BCUT2D eigenvalue weighted by molar-refractivity contribution is -0.360. The highest BCUT2D eigenvalue weighted by Gasteiger charge is 2.37. The van der Waals surface area contributed by atoms with Crippen molar-refractivity contribution in [1.29, 1.82) is 0 Å². The minimum absolute atomic E-state index is 0.296. The number of phenols is 1. The van der Waals surface area contributed by atoms with E-state index in [-0.39, 0.29) is 4.75 Å². The molecule has 0 aliphatic carbocycles. The van der Waals surface area contributed by atoms with E-state index < -0.39 is 0 Å². The van der Waals surface area contributed by atoms with E-state index in [1.54, 1.807) is 6.07 Å². The number of rotatable bonds is 7. The van der Waals surface area contributed by atoms with Gasteiger partial charge >= 0.3 is 0 Å². The average molecular weight is 365 g/mol. The summed E-state index contributed by atoms with van der Waals surface area (Å²) in [7, 11) is 0.